The van der Waals surface area contributed by atoms with Gasteiger partial charge >= 0.3 is 0 Å². The van der Waals surface area contributed by atoms with Crippen LogP contribution in [0.15, 0.2) is 34.9 Å². The number of nitrogens with one attached hydrogen (secondary N) is 2. The summed E-state index contributed by atoms with van der Waals surface area (Å²) < 4.78 is 2.56. The highest BCUT2D eigenvalue weighted by Gasteiger charge is 2.21. The maximum atomic E-state index is 12.0. The Morgan fingerprint density at radius 1 is 1.42 bits per heavy atom. The highest BCUT2D eigenvalue weighted by Crippen LogP contribution is 2.21. The fourth-order valence-electron chi connectivity index (χ4n) is 1.77. The number of halogens is 1. The first kappa shape index (κ1) is 12.3. The number of hydrogen-bond donors (Lipinski definition) is 2. The van der Waals surface area contributed by atoms with E-state index in [1.807, 2.05) is 24.3 Å². The lowest BCUT2D eigenvalue weighted by Crippen LogP contribution is -2.43. The Morgan fingerprint density at radius 2 is 2.21 bits per heavy atom. The van der Waals surface area contributed by atoms with Crippen molar-refractivity contribution in [2.24, 2.45) is 0 Å². The van der Waals surface area contributed by atoms with Crippen LogP contribution in [0, 0.1) is 0 Å². The topological polar surface area (TPSA) is 71.8 Å². The molecule has 0 radical (unpaired) electrons. The second-order valence-corrected chi connectivity index (χ2v) is 5.18. The van der Waals surface area contributed by atoms with Crippen molar-refractivity contribution in [1.29, 1.82) is 0 Å². The molecule has 2 aromatic rings. The zero-order chi connectivity index (χ0) is 13.2. The number of nitrogens with zero attached hydrogens (tertiary/aromatic N) is 3. The van der Waals surface area contributed by atoms with Gasteiger partial charge in [0.05, 0.1) is 17.9 Å². The van der Waals surface area contributed by atoms with E-state index < -0.39 is 0 Å². The maximum Gasteiger partial charge on any atom is 0.277 e. The number of aromatic nitrogens is 3. The Bertz CT molecular complexity index is 608. The first-order valence-corrected chi connectivity index (χ1v) is 6.72. The molecule has 0 bridgehead atoms. The highest BCUT2D eigenvalue weighted by molar-refractivity contribution is 9.10. The van der Waals surface area contributed by atoms with Crippen LogP contribution in [0.5, 0.6) is 0 Å². The van der Waals surface area contributed by atoms with Crippen LogP contribution in [-0.4, -0.2) is 34.0 Å². The zero-order valence-electron chi connectivity index (χ0n) is 10.0. The van der Waals surface area contributed by atoms with Gasteiger partial charge in [0.25, 0.3) is 5.91 Å². The molecule has 1 aliphatic rings. The minimum Gasteiger partial charge on any atom is -0.319 e. The van der Waals surface area contributed by atoms with Crippen LogP contribution in [0.1, 0.15) is 16.5 Å². The van der Waals surface area contributed by atoms with E-state index >= 15 is 0 Å². The van der Waals surface area contributed by atoms with Crippen molar-refractivity contribution in [2.45, 2.75) is 6.04 Å². The molecule has 0 aliphatic carbocycles. The van der Waals surface area contributed by atoms with Gasteiger partial charge in [0.15, 0.2) is 5.69 Å². The average molecular weight is 322 g/mol. The van der Waals surface area contributed by atoms with Gasteiger partial charge in [-0.3, -0.25) is 4.79 Å². The lowest BCUT2D eigenvalue weighted by molar-refractivity contribution is 0.102. The van der Waals surface area contributed by atoms with Crippen LogP contribution in [0.25, 0.3) is 0 Å². The van der Waals surface area contributed by atoms with Crippen molar-refractivity contribution in [3.8, 4) is 0 Å². The van der Waals surface area contributed by atoms with Gasteiger partial charge in [-0.2, -0.15) is 0 Å². The Morgan fingerprint density at radius 3 is 2.89 bits per heavy atom. The quantitative estimate of drug-likeness (QED) is 0.897. The van der Waals surface area contributed by atoms with Gasteiger partial charge in [-0.25, -0.2) is 4.68 Å². The van der Waals surface area contributed by atoms with E-state index in [9.17, 15) is 4.79 Å². The van der Waals surface area contributed by atoms with Gasteiger partial charge in [0.1, 0.15) is 0 Å². The first-order chi connectivity index (χ1) is 9.24. The molecule has 1 aromatic carbocycles. The molecule has 0 spiro atoms. The summed E-state index contributed by atoms with van der Waals surface area (Å²) in [6.45, 7) is 1.74. The van der Waals surface area contributed by atoms with Crippen molar-refractivity contribution >= 4 is 27.5 Å². The number of rotatable bonds is 3. The minimum atomic E-state index is -0.259. The molecular weight excluding hydrogens is 310 g/mol. The molecule has 1 saturated heterocycles. The highest BCUT2D eigenvalue weighted by atomic mass is 79.9. The van der Waals surface area contributed by atoms with E-state index in [0.717, 1.165) is 17.6 Å². The Kier molecular flexibility index (Phi) is 3.31. The van der Waals surface area contributed by atoms with Gasteiger partial charge in [0.2, 0.25) is 0 Å². The van der Waals surface area contributed by atoms with Crippen molar-refractivity contribution in [1.82, 2.24) is 20.3 Å². The third-order valence-corrected chi connectivity index (χ3v) is 3.69. The van der Waals surface area contributed by atoms with Crippen molar-refractivity contribution in [3.05, 3.63) is 40.6 Å². The SMILES string of the molecule is O=C(Nc1ccccc1Br)c1cn(C2CNC2)nn1. The largest absolute Gasteiger partial charge is 0.319 e. The lowest BCUT2D eigenvalue weighted by atomic mass is 10.2. The van der Waals surface area contributed by atoms with E-state index in [1.165, 1.54) is 0 Å². The predicted molar refractivity (Wildman–Crippen MR) is 74.0 cm³/mol. The van der Waals surface area contributed by atoms with Gasteiger partial charge in [-0.05, 0) is 28.1 Å². The van der Waals surface area contributed by atoms with E-state index in [-0.39, 0.29) is 5.91 Å². The number of hydrogen-bond acceptors (Lipinski definition) is 4. The summed E-state index contributed by atoms with van der Waals surface area (Å²) in [4.78, 5) is 12.0. The van der Waals surface area contributed by atoms with Crippen LogP contribution in [0.4, 0.5) is 5.69 Å². The fraction of sp³-hybridized carbons (Fsp3) is 0.250. The Labute approximate surface area is 118 Å². The molecule has 3 rings (SSSR count). The number of anilines is 1. The van der Waals surface area contributed by atoms with E-state index in [2.05, 4.69) is 36.9 Å². The van der Waals surface area contributed by atoms with Crippen LogP contribution < -0.4 is 10.6 Å². The van der Waals surface area contributed by atoms with Crippen molar-refractivity contribution in [2.75, 3.05) is 18.4 Å². The average Bonchev–Trinajstić information content (AvgIpc) is 2.79. The molecule has 2 N–H and O–H groups in total. The smallest absolute Gasteiger partial charge is 0.277 e. The third-order valence-electron chi connectivity index (χ3n) is 3.00. The van der Waals surface area contributed by atoms with E-state index in [4.69, 9.17) is 0 Å². The molecule has 0 unspecified atom stereocenters. The fourth-order valence-corrected chi connectivity index (χ4v) is 2.15. The van der Waals surface area contributed by atoms with Crippen molar-refractivity contribution < 1.29 is 4.79 Å². The summed E-state index contributed by atoms with van der Waals surface area (Å²) >= 11 is 3.38. The molecule has 0 saturated carbocycles. The summed E-state index contributed by atoms with van der Waals surface area (Å²) in [6.07, 6.45) is 1.68. The molecule has 1 aliphatic heterocycles. The van der Waals surface area contributed by atoms with Gasteiger partial charge < -0.3 is 10.6 Å². The summed E-state index contributed by atoms with van der Waals surface area (Å²) in [5.41, 5.74) is 1.04. The molecule has 7 heteroatoms. The summed E-state index contributed by atoms with van der Waals surface area (Å²) in [5, 5.41) is 13.8. The number of carbonyl (C=O) groups is 1. The second-order valence-electron chi connectivity index (χ2n) is 4.33. The van der Waals surface area contributed by atoms with Crippen molar-refractivity contribution in [3.63, 3.8) is 0 Å². The van der Waals surface area contributed by atoms with Gasteiger partial charge in [-0.1, -0.05) is 17.3 Å². The number of carbonyl (C=O) groups excluding carboxylic acids is 1. The molecule has 98 valence electrons. The predicted octanol–water partition coefficient (Wildman–Crippen LogP) is 1.44. The van der Waals surface area contributed by atoms with Crippen LogP contribution in [0.2, 0.25) is 0 Å². The van der Waals surface area contributed by atoms with Gasteiger partial charge in [0, 0.05) is 17.6 Å². The standard InChI is InChI=1S/C12H12BrN5O/c13-9-3-1-2-4-10(9)15-12(19)11-7-18(17-16-11)8-5-14-6-8/h1-4,7-8,14H,5-6H2,(H,15,19). The summed E-state index contributed by atoms with van der Waals surface area (Å²) in [6, 6.07) is 7.74. The molecule has 6 nitrogen and oxygen atoms in total. The Balaban J connectivity index is 1.73. The molecule has 2 heterocycles. The van der Waals surface area contributed by atoms with E-state index in [0.29, 0.717) is 17.4 Å². The molecule has 1 amide bonds. The zero-order valence-corrected chi connectivity index (χ0v) is 11.6. The van der Waals surface area contributed by atoms with E-state index in [1.54, 1.807) is 10.9 Å². The monoisotopic (exact) mass is 321 g/mol. The molecule has 1 aromatic heterocycles. The first-order valence-electron chi connectivity index (χ1n) is 5.92. The summed E-state index contributed by atoms with van der Waals surface area (Å²) in [7, 11) is 0. The molecule has 1 fully saturated rings. The molecule has 19 heavy (non-hydrogen) atoms. The minimum absolute atomic E-state index is 0.259. The summed E-state index contributed by atoms with van der Waals surface area (Å²) in [5.74, 6) is -0.259. The third kappa shape index (κ3) is 2.52. The number of para-hydroxylation sites is 1. The van der Waals surface area contributed by atoms with Gasteiger partial charge in [-0.15, -0.1) is 5.10 Å². The molecule has 0 atom stereocenters. The second kappa shape index (κ2) is 5.10. The lowest BCUT2D eigenvalue weighted by Gasteiger charge is -2.26. The number of amides is 1. The maximum absolute atomic E-state index is 12.0. The normalized spacial score (nSPS) is 15.0. The van der Waals surface area contributed by atoms with Crippen LogP contribution >= 0.6 is 15.9 Å². The Hall–Kier alpha value is -1.73. The molecular formula is C12H12BrN5O. The number of benzene rings is 1. The van der Waals surface area contributed by atoms with Crippen LogP contribution in [0.3, 0.4) is 0 Å². The van der Waals surface area contributed by atoms with Crippen LogP contribution in [-0.2, 0) is 0 Å².